The first-order valence-electron chi connectivity index (χ1n) is 10.5. The Bertz CT molecular complexity index is 947. The zero-order chi connectivity index (χ0) is 21.3. The van der Waals surface area contributed by atoms with Gasteiger partial charge >= 0.3 is 0 Å². The molecule has 3 aromatic rings. The van der Waals surface area contributed by atoms with Crippen LogP contribution in [-0.2, 0) is 34.0 Å². The highest BCUT2D eigenvalue weighted by atomic mass is 16.6. The van der Waals surface area contributed by atoms with E-state index in [0.717, 1.165) is 16.7 Å². The summed E-state index contributed by atoms with van der Waals surface area (Å²) in [5.41, 5.74) is 3.75. The lowest BCUT2D eigenvalue weighted by molar-refractivity contribution is -0.115. The Labute approximate surface area is 182 Å². The van der Waals surface area contributed by atoms with Gasteiger partial charge in [0.15, 0.2) is 0 Å². The van der Waals surface area contributed by atoms with Crippen molar-refractivity contribution in [2.45, 2.75) is 44.6 Å². The van der Waals surface area contributed by atoms with E-state index >= 15 is 0 Å². The second-order valence-corrected chi connectivity index (χ2v) is 7.61. The minimum absolute atomic E-state index is 0.268. The number of rotatable bonds is 9. The van der Waals surface area contributed by atoms with Gasteiger partial charge in [-0.15, -0.1) is 0 Å². The van der Waals surface area contributed by atoms with Gasteiger partial charge < -0.3 is 19.4 Å². The van der Waals surface area contributed by atoms with Crippen LogP contribution in [0.5, 0.6) is 0 Å². The fourth-order valence-corrected chi connectivity index (χ4v) is 3.76. The molecule has 3 aromatic carbocycles. The summed E-state index contributed by atoms with van der Waals surface area (Å²) in [5, 5.41) is 13.2. The predicted octanol–water partition coefficient (Wildman–Crippen LogP) is 4.98. The number of ether oxygens (including phenoxy) is 3. The second kappa shape index (κ2) is 10.9. The highest BCUT2D eigenvalue weighted by Gasteiger charge is 2.44. The van der Waals surface area contributed by atoms with Crippen LogP contribution < -0.4 is 0 Å². The van der Waals surface area contributed by atoms with E-state index in [2.05, 4.69) is 5.16 Å². The zero-order valence-electron chi connectivity index (χ0n) is 17.3. The van der Waals surface area contributed by atoms with Gasteiger partial charge in [-0.25, -0.2) is 0 Å². The molecule has 3 atom stereocenters. The van der Waals surface area contributed by atoms with Crippen molar-refractivity contribution in [1.29, 1.82) is 0 Å². The highest BCUT2D eigenvalue weighted by molar-refractivity contribution is 5.91. The first kappa shape index (κ1) is 21.2. The average molecular weight is 418 g/mol. The van der Waals surface area contributed by atoms with E-state index in [-0.39, 0.29) is 12.2 Å². The molecule has 0 heterocycles. The third-order valence-corrected chi connectivity index (χ3v) is 5.40. The molecule has 0 spiro atoms. The van der Waals surface area contributed by atoms with Crippen LogP contribution in [0.15, 0.2) is 96.2 Å². The minimum atomic E-state index is -0.477. The smallest absolute Gasteiger partial charge is 0.128 e. The molecule has 0 radical (unpaired) electrons. The van der Waals surface area contributed by atoms with Crippen molar-refractivity contribution in [2.75, 3.05) is 0 Å². The van der Waals surface area contributed by atoms with Crippen molar-refractivity contribution in [3.05, 3.63) is 108 Å². The van der Waals surface area contributed by atoms with Crippen LogP contribution in [0.4, 0.5) is 0 Å². The molecule has 0 aromatic heterocycles. The molecule has 1 N–H and O–H groups in total. The largest absolute Gasteiger partial charge is 0.411 e. The molecule has 0 unspecified atom stereocenters. The van der Waals surface area contributed by atoms with Gasteiger partial charge in [-0.2, -0.15) is 0 Å². The first-order valence-corrected chi connectivity index (χ1v) is 10.5. The van der Waals surface area contributed by atoms with Gasteiger partial charge in [-0.1, -0.05) is 96.2 Å². The number of oxime groups is 1. The molecular formula is C26H27NO4. The Kier molecular flexibility index (Phi) is 7.45. The average Bonchev–Trinajstić information content (AvgIpc) is 3.18. The number of hydrogen-bond donors (Lipinski definition) is 1. The monoisotopic (exact) mass is 417 g/mol. The Hall–Kier alpha value is -2.99. The predicted molar refractivity (Wildman–Crippen MR) is 119 cm³/mol. The number of hydrogen-bond acceptors (Lipinski definition) is 5. The van der Waals surface area contributed by atoms with E-state index in [9.17, 15) is 5.21 Å². The first-order chi connectivity index (χ1) is 15.3. The Morgan fingerprint density at radius 2 is 1.10 bits per heavy atom. The maximum atomic E-state index is 9.64. The van der Waals surface area contributed by atoms with Crippen LogP contribution in [0.2, 0.25) is 0 Å². The molecule has 4 rings (SSSR count). The van der Waals surface area contributed by atoms with E-state index in [0.29, 0.717) is 32.0 Å². The van der Waals surface area contributed by atoms with Gasteiger partial charge in [0.2, 0.25) is 0 Å². The molecule has 160 valence electrons. The molecule has 1 aliphatic carbocycles. The molecule has 5 nitrogen and oxygen atoms in total. The quantitative estimate of drug-likeness (QED) is 0.394. The van der Waals surface area contributed by atoms with Crippen molar-refractivity contribution < 1.29 is 19.4 Å². The molecule has 0 aliphatic heterocycles. The van der Waals surface area contributed by atoms with E-state index in [1.54, 1.807) is 0 Å². The van der Waals surface area contributed by atoms with Crippen molar-refractivity contribution in [2.24, 2.45) is 5.16 Å². The summed E-state index contributed by atoms with van der Waals surface area (Å²) >= 11 is 0. The second-order valence-electron chi connectivity index (χ2n) is 7.61. The molecule has 1 aliphatic rings. The summed E-state index contributed by atoms with van der Waals surface area (Å²) in [4.78, 5) is 0. The number of nitrogens with zero attached hydrogens (tertiary/aromatic N) is 1. The van der Waals surface area contributed by atoms with Crippen molar-refractivity contribution in [3.8, 4) is 0 Å². The normalized spacial score (nSPS) is 22.1. The van der Waals surface area contributed by atoms with Gasteiger partial charge in [-0.3, -0.25) is 0 Å². The van der Waals surface area contributed by atoms with Gasteiger partial charge in [-0.05, 0) is 16.7 Å². The summed E-state index contributed by atoms with van der Waals surface area (Å²) in [6.07, 6.45) is -0.661. The van der Waals surface area contributed by atoms with E-state index in [1.807, 2.05) is 91.0 Å². The molecule has 5 heteroatoms. The van der Waals surface area contributed by atoms with Crippen LogP contribution in [0.3, 0.4) is 0 Å². The standard InChI is InChI=1S/C26H27NO4/c28-27-23-16-24(29-17-20-10-4-1-5-11-20)26(31-19-22-14-8-3-9-15-22)25(23)30-18-21-12-6-2-7-13-21/h1-15,24-26,28H,16-19H2/b27-23+/t24-,25+,26-/m1/s1. The molecular weight excluding hydrogens is 390 g/mol. The van der Waals surface area contributed by atoms with Crippen LogP contribution in [0.25, 0.3) is 0 Å². The molecule has 0 saturated heterocycles. The van der Waals surface area contributed by atoms with E-state index in [1.165, 1.54) is 0 Å². The molecule has 31 heavy (non-hydrogen) atoms. The zero-order valence-corrected chi connectivity index (χ0v) is 17.3. The SMILES string of the molecule is O/N=C1\C[C@@H](OCc2ccccc2)[C@@H](OCc2ccccc2)[C@H]1OCc1ccccc1. The molecule has 1 saturated carbocycles. The van der Waals surface area contributed by atoms with Gasteiger partial charge in [0.1, 0.15) is 12.2 Å². The van der Waals surface area contributed by atoms with E-state index < -0.39 is 6.10 Å². The van der Waals surface area contributed by atoms with E-state index in [4.69, 9.17) is 14.2 Å². The van der Waals surface area contributed by atoms with Gasteiger partial charge in [0, 0.05) is 6.42 Å². The lowest BCUT2D eigenvalue weighted by Gasteiger charge is -2.25. The van der Waals surface area contributed by atoms with Gasteiger partial charge in [0.05, 0.1) is 31.6 Å². The fourth-order valence-electron chi connectivity index (χ4n) is 3.76. The summed E-state index contributed by atoms with van der Waals surface area (Å²) in [7, 11) is 0. The third-order valence-electron chi connectivity index (χ3n) is 5.40. The van der Waals surface area contributed by atoms with Crippen LogP contribution in [0, 0.1) is 0 Å². The fraction of sp³-hybridized carbons (Fsp3) is 0.269. The summed E-state index contributed by atoms with van der Waals surface area (Å²) < 4.78 is 18.7. The van der Waals surface area contributed by atoms with Crippen LogP contribution in [-0.4, -0.2) is 29.2 Å². The Balaban J connectivity index is 1.48. The van der Waals surface area contributed by atoms with Crippen molar-refractivity contribution in [1.82, 2.24) is 0 Å². The van der Waals surface area contributed by atoms with Crippen LogP contribution >= 0.6 is 0 Å². The lowest BCUT2D eigenvalue weighted by Crippen LogP contribution is -2.37. The maximum Gasteiger partial charge on any atom is 0.128 e. The minimum Gasteiger partial charge on any atom is -0.411 e. The van der Waals surface area contributed by atoms with Gasteiger partial charge in [0.25, 0.3) is 0 Å². The summed E-state index contributed by atoms with van der Waals surface area (Å²) in [6.45, 7) is 1.29. The molecule has 0 amide bonds. The summed E-state index contributed by atoms with van der Waals surface area (Å²) in [6, 6.07) is 30.0. The molecule has 1 fully saturated rings. The van der Waals surface area contributed by atoms with Crippen LogP contribution in [0.1, 0.15) is 23.1 Å². The lowest BCUT2D eigenvalue weighted by atomic mass is 10.2. The summed E-state index contributed by atoms with van der Waals surface area (Å²) in [5.74, 6) is 0. The topological polar surface area (TPSA) is 60.3 Å². The Morgan fingerprint density at radius 1 is 0.645 bits per heavy atom. The number of benzene rings is 3. The maximum absolute atomic E-state index is 9.64. The molecule has 0 bridgehead atoms. The van der Waals surface area contributed by atoms with Crippen molar-refractivity contribution in [3.63, 3.8) is 0 Å². The highest BCUT2D eigenvalue weighted by Crippen LogP contribution is 2.29. The van der Waals surface area contributed by atoms with Crippen molar-refractivity contribution >= 4 is 5.71 Å². The third kappa shape index (κ3) is 5.79. The Morgan fingerprint density at radius 3 is 1.58 bits per heavy atom.